The average molecular weight is 326 g/mol. The van der Waals surface area contributed by atoms with Gasteiger partial charge in [0.15, 0.2) is 0 Å². The largest absolute Gasteiger partial charge is 0.325 e. The van der Waals surface area contributed by atoms with E-state index >= 15 is 0 Å². The Balaban J connectivity index is 1.53. The van der Waals surface area contributed by atoms with Crippen molar-refractivity contribution >= 4 is 35.0 Å². The SMILES string of the molecule is O=C(CSc1ccccc1)Nc1ccc(N2CCCC2=O)cc1. The number of amides is 2. The fourth-order valence-corrected chi connectivity index (χ4v) is 3.23. The molecule has 0 aromatic heterocycles. The first-order valence-electron chi connectivity index (χ1n) is 7.60. The molecule has 4 nitrogen and oxygen atoms in total. The molecule has 1 saturated heterocycles. The van der Waals surface area contributed by atoms with E-state index in [0.717, 1.165) is 29.2 Å². The summed E-state index contributed by atoms with van der Waals surface area (Å²) in [6, 6.07) is 17.3. The molecule has 1 aliphatic rings. The van der Waals surface area contributed by atoms with E-state index in [1.54, 1.807) is 4.90 Å². The molecule has 5 heteroatoms. The van der Waals surface area contributed by atoms with Crippen molar-refractivity contribution < 1.29 is 9.59 Å². The molecule has 1 heterocycles. The quantitative estimate of drug-likeness (QED) is 0.855. The summed E-state index contributed by atoms with van der Waals surface area (Å²) in [5.41, 5.74) is 1.64. The van der Waals surface area contributed by atoms with Crippen molar-refractivity contribution in [1.82, 2.24) is 0 Å². The van der Waals surface area contributed by atoms with Crippen LogP contribution in [0, 0.1) is 0 Å². The molecule has 2 aromatic carbocycles. The van der Waals surface area contributed by atoms with Crippen molar-refractivity contribution in [2.45, 2.75) is 17.7 Å². The molecule has 1 fully saturated rings. The molecule has 0 radical (unpaired) electrons. The summed E-state index contributed by atoms with van der Waals surface area (Å²) in [6.07, 6.45) is 1.53. The first kappa shape index (κ1) is 15.6. The molecule has 3 rings (SSSR count). The van der Waals surface area contributed by atoms with Gasteiger partial charge in [0.2, 0.25) is 11.8 Å². The second-order valence-corrected chi connectivity index (χ2v) is 6.39. The Morgan fingerprint density at radius 1 is 1.09 bits per heavy atom. The Morgan fingerprint density at radius 3 is 2.48 bits per heavy atom. The highest BCUT2D eigenvalue weighted by atomic mass is 32.2. The van der Waals surface area contributed by atoms with Crippen LogP contribution in [0.25, 0.3) is 0 Å². The topological polar surface area (TPSA) is 49.4 Å². The smallest absolute Gasteiger partial charge is 0.234 e. The van der Waals surface area contributed by atoms with Gasteiger partial charge in [0.25, 0.3) is 0 Å². The van der Waals surface area contributed by atoms with E-state index in [9.17, 15) is 9.59 Å². The third kappa shape index (κ3) is 4.13. The number of rotatable bonds is 5. The maximum atomic E-state index is 12.0. The van der Waals surface area contributed by atoms with Crippen molar-refractivity contribution in [3.63, 3.8) is 0 Å². The van der Waals surface area contributed by atoms with Gasteiger partial charge >= 0.3 is 0 Å². The standard InChI is InChI=1S/C18H18N2O2S/c21-17(13-23-16-5-2-1-3-6-16)19-14-8-10-15(11-9-14)20-12-4-7-18(20)22/h1-3,5-6,8-11H,4,7,12-13H2,(H,19,21). The van der Waals surface area contributed by atoms with Crippen LogP contribution in [-0.2, 0) is 9.59 Å². The lowest BCUT2D eigenvalue weighted by Crippen LogP contribution is -2.23. The number of nitrogens with one attached hydrogen (secondary N) is 1. The van der Waals surface area contributed by atoms with Crippen LogP contribution in [0.1, 0.15) is 12.8 Å². The molecule has 2 amide bonds. The molecule has 0 aliphatic carbocycles. The first-order chi connectivity index (χ1) is 11.2. The minimum absolute atomic E-state index is 0.0381. The van der Waals surface area contributed by atoms with E-state index in [0.29, 0.717) is 12.2 Å². The Kier molecular flexibility index (Phi) is 4.98. The number of carbonyl (C=O) groups excluding carboxylic acids is 2. The Labute approximate surface area is 139 Å². The van der Waals surface area contributed by atoms with Gasteiger partial charge in [0.05, 0.1) is 5.75 Å². The number of nitrogens with zero attached hydrogens (tertiary/aromatic N) is 1. The molecular formula is C18H18N2O2S. The second kappa shape index (κ2) is 7.33. The fourth-order valence-electron chi connectivity index (χ4n) is 2.51. The lowest BCUT2D eigenvalue weighted by Gasteiger charge is -2.16. The van der Waals surface area contributed by atoms with Crippen LogP contribution < -0.4 is 10.2 Å². The van der Waals surface area contributed by atoms with Gasteiger partial charge in [-0.05, 0) is 42.8 Å². The lowest BCUT2D eigenvalue weighted by molar-refractivity contribution is -0.117. The van der Waals surface area contributed by atoms with E-state index in [-0.39, 0.29) is 11.8 Å². The predicted molar refractivity (Wildman–Crippen MR) is 93.8 cm³/mol. The minimum atomic E-state index is -0.0381. The minimum Gasteiger partial charge on any atom is -0.325 e. The van der Waals surface area contributed by atoms with Gasteiger partial charge in [-0.15, -0.1) is 11.8 Å². The predicted octanol–water partition coefficient (Wildman–Crippen LogP) is 3.54. The number of hydrogen-bond donors (Lipinski definition) is 1. The molecule has 0 bridgehead atoms. The second-order valence-electron chi connectivity index (χ2n) is 5.35. The van der Waals surface area contributed by atoms with Gasteiger partial charge in [0.1, 0.15) is 0 Å². The molecule has 0 saturated carbocycles. The summed E-state index contributed by atoms with van der Waals surface area (Å²) >= 11 is 1.51. The van der Waals surface area contributed by atoms with Crippen LogP contribution >= 0.6 is 11.8 Å². The van der Waals surface area contributed by atoms with Crippen molar-refractivity contribution in [3.8, 4) is 0 Å². The number of carbonyl (C=O) groups is 2. The zero-order valence-electron chi connectivity index (χ0n) is 12.7. The molecule has 0 atom stereocenters. The van der Waals surface area contributed by atoms with E-state index in [2.05, 4.69) is 5.32 Å². The van der Waals surface area contributed by atoms with Crippen LogP contribution in [0.2, 0.25) is 0 Å². The molecule has 1 N–H and O–H groups in total. The molecule has 23 heavy (non-hydrogen) atoms. The third-order valence-electron chi connectivity index (χ3n) is 3.65. The zero-order chi connectivity index (χ0) is 16.1. The Morgan fingerprint density at radius 2 is 1.83 bits per heavy atom. The maximum absolute atomic E-state index is 12.0. The number of anilines is 2. The number of thioether (sulfide) groups is 1. The van der Waals surface area contributed by atoms with Gasteiger partial charge in [-0.3, -0.25) is 9.59 Å². The van der Waals surface area contributed by atoms with Gasteiger partial charge in [-0.2, -0.15) is 0 Å². The van der Waals surface area contributed by atoms with Gasteiger partial charge in [0, 0.05) is 29.2 Å². The average Bonchev–Trinajstić information content (AvgIpc) is 3.01. The highest BCUT2D eigenvalue weighted by molar-refractivity contribution is 8.00. The third-order valence-corrected chi connectivity index (χ3v) is 4.66. The summed E-state index contributed by atoms with van der Waals surface area (Å²) in [5, 5.41) is 2.88. The molecule has 0 spiro atoms. The lowest BCUT2D eigenvalue weighted by atomic mass is 10.2. The summed E-state index contributed by atoms with van der Waals surface area (Å²) < 4.78 is 0. The summed E-state index contributed by atoms with van der Waals surface area (Å²) in [6.45, 7) is 0.776. The van der Waals surface area contributed by atoms with Gasteiger partial charge in [-0.25, -0.2) is 0 Å². The van der Waals surface area contributed by atoms with Crippen LogP contribution in [-0.4, -0.2) is 24.1 Å². The Hall–Kier alpha value is -2.27. The van der Waals surface area contributed by atoms with Crippen LogP contribution in [0.15, 0.2) is 59.5 Å². The van der Waals surface area contributed by atoms with Crippen molar-refractivity contribution in [2.24, 2.45) is 0 Å². The molecule has 1 aliphatic heterocycles. The summed E-state index contributed by atoms with van der Waals surface area (Å²) in [7, 11) is 0. The molecule has 0 unspecified atom stereocenters. The number of hydrogen-bond acceptors (Lipinski definition) is 3. The zero-order valence-corrected chi connectivity index (χ0v) is 13.5. The monoisotopic (exact) mass is 326 g/mol. The van der Waals surface area contributed by atoms with Crippen molar-refractivity contribution in [1.29, 1.82) is 0 Å². The summed E-state index contributed by atoms with van der Waals surface area (Å²) in [5.74, 6) is 0.501. The van der Waals surface area contributed by atoms with Crippen molar-refractivity contribution in [2.75, 3.05) is 22.5 Å². The van der Waals surface area contributed by atoms with Crippen LogP contribution in [0.4, 0.5) is 11.4 Å². The van der Waals surface area contributed by atoms with Crippen molar-refractivity contribution in [3.05, 3.63) is 54.6 Å². The van der Waals surface area contributed by atoms with Crippen LogP contribution in [0.3, 0.4) is 0 Å². The van der Waals surface area contributed by atoms with Gasteiger partial charge in [-0.1, -0.05) is 18.2 Å². The first-order valence-corrected chi connectivity index (χ1v) is 8.59. The normalized spacial score (nSPS) is 14.1. The van der Waals surface area contributed by atoms with E-state index in [1.165, 1.54) is 11.8 Å². The van der Waals surface area contributed by atoms with Gasteiger partial charge < -0.3 is 10.2 Å². The van der Waals surface area contributed by atoms with E-state index in [1.807, 2.05) is 54.6 Å². The number of benzene rings is 2. The van der Waals surface area contributed by atoms with E-state index < -0.39 is 0 Å². The Bertz CT molecular complexity index is 686. The fraction of sp³-hybridized carbons (Fsp3) is 0.222. The maximum Gasteiger partial charge on any atom is 0.234 e. The van der Waals surface area contributed by atoms with E-state index in [4.69, 9.17) is 0 Å². The molecule has 2 aromatic rings. The summed E-state index contributed by atoms with van der Waals surface area (Å²) in [4.78, 5) is 26.6. The molecular weight excluding hydrogens is 308 g/mol. The molecule has 118 valence electrons. The highest BCUT2D eigenvalue weighted by Crippen LogP contribution is 2.23. The highest BCUT2D eigenvalue weighted by Gasteiger charge is 2.21. The van der Waals surface area contributed by atoms with Crippen LogP contribution in [0.5, 0.6) is 0 Å².